The van der Waals surface area contributed by atoms with Gasteiger partial charge in [0.2, 0.25) is 15.9 Å². The van der Waals surface area contributed by atoms with Gasteiger partial charge in [0.1, 0.15) is 0 Å². The normalized spacial score (nSPS) is 20.3. The molecule has 1 aliphatic carbocycles. The second-order valence-corrected chi connectivity index (χ2v) is 14.2. The largest absolute Gasteiger partial charge is 0.361 e. The van der Waals surface area contributed by atoms with E-state index in [1.165, 1.54) is 16.1 Å². The van der Waals surface area contributed by atoms with Crippen LogP contribution in [0.15, 0.2) is 54.7 Å². The maximum atomic E-state index is 14.0. The Bertz CT molecular complexity index is 1430. The minimum absolute atomic E-state index is 0.110. The maximum absolute atomic E-state index is 14.0. The van der Waals surface area contributed by atoms with Gasteiger partial charge in [-0.05, 0) is 69.2 Å². The Morgan fingerprint density at radius 2 is 1.79 bits per heavy atom. The first kappa shape index (κ1) is 26.9. The summed E-state index contributed by atoms with van der Waals surface area (Å²) in [4.78, 5) is 19.3. The zero-order valence-electron chi connectivity index (χ0n) is 23.1. The van der Waals surface area contributed by atoms with Crippen molar-refractivity contribution in [2.24, 2.45) is 0 Å². The lowest BCUT2D eigenvalue weighted by molar-refractivity contribution is -0.135. The predicted molar refractivity (Wildman–Crippen MR) is 153 cm³/mol. The third-order valence-corrected chi connectivity index (χ3v) is 9.77. The Kier molecular flexibility index (Phi) is 6.95. The van der Waals surface area contributed by atoms with Crippen molar-refractivity contribution in [3.8, 4) is 0 Å². The van der Waals surface area contributed by atoms with Crippen molar-refractivity contribution in [3.63, 3.8) is 0 Å². The molecule has 1 fully saturated rings. The molecule has 8 heteroatoms. The van der Waals surface area contributed by atoms with Crippen LogP contribution in [0.2, 0.25) is 0 Å². The van der Waals surface area contributed by atoms with Gasteiger partial charge in [-0.3, -0.25) is 4.79 Å². The number of carbonyl (C=O) groups excluding carboxylic acids is 1. The molecule has 1 amide bonds. The van der Waals surface area contributed by atoms with Gasteiger partial charge in [-0.15, -0.1) is 0 Å². The van der Waals surface area contributed by atoms with E-state index in [2.05, 4.69) is 55.3 Å². The Balaban J connectivity index is 1.35. The third-order valence-electron chi connectivity index (χ3n) is 8.47. The van der Waals surface area contributed by atoms with Crippen molar-refractivity contribution in [1.82, 2.24) is 19.5 Å². The summed E-state index contributed by atoms with van der Waals surface area (Å²) in [6.45, 7) is 7.63. The van der Waals surface area contributed by atoms with E-state index in [9.17, 15) is 13.2 Å². The van der Waals surface area contributed by atoms with Crippen LogP contribution in [-0.4, -0.2) is 66.5 Å². The van der Waals surface area contributed by atoms with Gasteiger partial charge >= 0.3 is 0 Å². The molecule has 2 atom stereocenters. The van der Waals surface area contributed by atoms with E-state index in [0.717, 1.165) is 41.3 Å². The van der Waals surface area contributed by atoms with E-state index in [1.807, 2.05) is 35.4 Å². The summed E-state index contributed by atoms with van der Waals surface area (Å²) >= 11 is 0. The van der Waals surface area contributed by atoms with Crippen LogP contribution >= 0.6 is 0 Å². The number of aromatic amines is 1. The van der Waals surface area contributed by atoms with Crippen molar-refractivity contribution < 1.29 is 13.2 Å². The molecular formula is C30H40N4O3S. The van der Waals surface area contributed by atoms with E-state index in [4.69, 9.17) is 0 Å². The number of hydrogen-bond acceptors (Lipinski definition) is 4. The Hall–Kier alpha value is -2.68. The van der Waals surface area contributed by atoms with Gasteiger partial charge < -0.3 is 15.2 Å². The summed E-state index contributed by atoms with van der Waals surface area (Å²) < 4.78 is 26.3. The molecule has 38 heavy (non-hydrogen) atoms. The average molecular weight is 537 g/mol. The number of nitrogens with one attached hydrogen (secondary N) is 2. The Labute approximate surface area is 226 Å². The molecule has 5 rings (SSSR count). The van der Waals surface area contributed by atoms with E-state index in [0.29, 0.717) is 19.5 Å². The number of aromatic nitrogens is 1. The van der Waals surface area contributed by atoms with Gasteiger partial charge in [-0.25, -0.2) is 8.42 Å². The highest BCUT2D eigenvalue weighted by Crippen LogP contribution is 2.52. The van der Waals surface area contributed by atoms with Crippen LogP contribution in [0, 0.1) is 0 Å². The number of hydrogen-bond donors (Lipinski definition) is 2. The van der Waals surface area contributed by atoms with Crippen LogP contribution in [0.4, 0.5) is 0 Å². The lowest BCUT2D eigenvalue weighted by atomic mass is 9.73. The van der Waals surface area contributed by atoms with Gasteiger partial charge in [0, 0.05) is 48.2 Å². The molecular weight excluding hydrogens is 496 g/mol. The molecule has 2 heterocycles. The lowest BCUT2D eigenvalue weighted by Crippen LogP contribution is -2.56. The van der Waals surface area contributed by atoms with Crippen LogP contribution in [0.1, 0.15) is 62.8 Å². The number of para-hydroxylation sites is 1. The van der Waals surface area contributed by atoms with Crippen LogP contribution in [0.5, 0.6) is 0 Å². The fourth-order valence-corrected chi connectivity index (χ4v) is 7.16. The number of amides is 1. The number of carbonyl (C=O) groups is 1. The summed E-state index contributed by atoms with van der Waals surface area (Å²) in [5.41, 5.74) is 4.25. The summed E-state index contributed by atoms with van der Waals surface area (Å²) in [7, 11) is -1.64. The van der Waals surface area contributed by atoms with E-state index < -0.39 is 10.0 Å². The minimum atomic E-state index is -3.32. The van der Waals surface area contributed by atoms with Crippen molar-refractivity contribution in [2.75, 3.05) is 26.4 Å². The number of nitrogens with zero attached hydrogens (tertiary/aromatic N) is 2. The van der Waals surface area contributed by atoms with Gasteiger partial charge in [0.05, 0.1) is 18.3 Å². The van der Waals surface area contributed by atoms with Crippen molar-refractivity contribution in [3.05, 3.63) is 71.4 Å². The molecule has 3 aromatic rings. The Morgan fingerprint density at radius 3 is 2.47 bits per heavy atom. The zero-order chi connectivity index (χ0) is 27.3. The third kappa shape index (κ3) is 5.14. The number of likely N-dealkylation sites (tertiary alicyclic amines) is 1. The fraction of sp³-hybridized carbons (Fsp3) is 0.500. The van der Waals surface area contributed by atoms with E-state index >= 15 is 0 Å². The standard InChI is InChI=1S/C30H40N4O3S/c1-29(2,3)32-26(18-21-20-31-25-13-9-7-10-22(21)25)28(35)34-16-14-30(15-17-34)19-27(33(4)38(5,36)37)23-11-6-8-12-24(23)30/h6-13,20,26-27,31-32H,14-19H2,1-5H3/t26-,27?/m1/s1. The molecule has 1 aliphatic heterocycles. The minimum Gasteiger partial charge on any atom is -0.361 e. The van der Waals surface area contributed by atoms with Crippen molar-refractivity contribution >= 4 is 26.8 Å². The van der Waals surface area contributed by atoms with E-state index in [1.54, 1.807) is 7.05 Å². The Morgan fingerprint density at radius 1 is 1.13 bits per heavy atom. The molecule has 0 saturated carbocycles. The molecule has 1 spiro atoms. The summed E-state index contributed by atoms with van der Waals surface area (Å²) in [6.07, 6.45) is 6.34. The van der Waals surface area contributed by atoms with Crippen LogP contribution in [0.25, 0.3) is 10.9 Å². The number of fused-ring (bicyclic) bond motifs is 3. The number of piperidine rings is 1. The second kappa shape index (κ2) is 9.81. The monoisotopic (exact) mass is 536 g/mol. The number of sulfonamides is 1. The maximum Gasteiger partial charge on any atom is 0.240 e. The molecule has 2 aliphatic rings. The van der Waals surface area contributed by atoms with Gasteiger partial charge in [-0.2, -0.15) is 4.31 Å². The number of rotatable bonds is 6. The first-order valence-electron chi connectivity index (χ1n) is 13.5. The molecule has 1 saturated heterocycles. The first-order chi connectivity index (χ1) is 17.9. The fourth-order valence-electron chi connectivity index (χ4n) is 6.51. The quantitative estimate of drug-likeness (QED) is 0.490. The van der Waals surface area contributed by atoms with Crippen molar-refractivity contribution in [1.29, 1.82) is 0 Å². The van der Waals surface area contributed by atoms with Crippen LogP contribution in [0.3, 0.4) is 0 Å². The lowest BCUT2D eigenvalue weighted by Gasteiger charge is -2.42. The molecule has 7 nitrogen and oxygen atoms in total. The van der Waals surface area contributed by atoms with Crippen molar-refractivity contribution in [2.45, 2.75) is 69.5 Å². The highest BCUT2D eigenvalue weighted by Gasteiger charge is 2.48. The SMILES string of the molecule is CN(C1CC2(CCN(C(=O)[C@@H](Cc3c[nH]c4ccccc34)NC(C)(C)C)CC2)c2ccccc21)S(C)(=O)=O. The molecule has 2 aromatic carbocycles. The zero-order valence-corrected chi connectivity index (χ0v) is 23.9. The molecule has 1 unspecified atom stereocenters. The molecule has 2 N–H and O–H groups in total. The summed E-state index contributed by atoms with van der Waals surface area (Å²) in [5.74, 6) is 0.135. The summed E-state index contributed by atoms with van der Waals surface area (Å²) in [5, 5.41) is 4.75. The molecule has 204 valence electrons. The molecule has 0 bridgehead atoms. The predicted octanol–water partition coefficient (Wildman–Crippen LogP) is 4.36. The van der Waals surface area contributed by atoms with Crippen LogP contribution in [-0.2, 0) is 26.7 Å². The van der Waals surface area contributed by atoms with Gasteiger partial charge in [0.25, 0.3) is 0 Å². The number of H-pyrrole nitrogens is 1. The molecule has 0 radical (unpaired) electrons. The average Bonchev–Trinajstić information content (AvgIpc) is 3.41. The molecule has 1 aromatic heterocycles. The topological polar surface area (TPSA) is 85.5 Å². The van der Waals surface area contributed by atoms with E-state index in [-0.39, 0.29) is 28.9 Å². The second-order valence-electron chi connectivity index (χ2n) is 12.2. The highest BCUT2D eigenvalue weighted by atomic mass is 32.2. The first-order valence-corrected chi connectivity index (χ1v) is 15.4. The summed E-state index contributed by atoms with van der Waals surface area (Å²) in [6, 6.07) is 16.0. The van der Waals surface area contributed by atoms with Gasteiger partial charge in [-0.1, -0.05) is 42.5 Å². The van der Waals surface area contributed by atoms with Crippen LogP contribution < -0.4 is 5.32 Å². The number of benzene rings is 2. The smallest absolute Gasteiger partial charge is 0.240 e. The highest BCUT2D eigenvalue weighted by molar-refractivity contribution is 7.88. The van der Waals surface area contributed by atoms with Gasteiger partial charge in [0.15, 0.2) is 0 Å².